The topological polar surface area (TPSA) is 36.2 Å². The molecule has 0 saturated heterocycles. The lowest BCUT2D eigenvalue weighted by atomic mass is 10.3. The second-order valence-electron chi connectivity index (χ2n) is 1.71. The van der Waals surface area contributed by atoms with Crippen molar-refractivity contribution in [2.45, 2.75) is 0 Å². The first kappa shape index (κ1) is 7.51. The van der Waals surface area contributed by atoms with Gasteiger partial charge in [0, 0.05) is 0 Å². The van der Waals surface area contributed by atoms with Gasteiger partial charge < -0.3 is 0 Å². The second kappa shape index (κ2) is 2.99. The van der Waals surface area contributed by atoms with Crippen molar-refractivity contribution < 1.29 is 0 Å². The van der Waals surface area contributed by atoms with Gasteiger partial charge in [0.25, 0.3) is 0 Å². The molecule has 0 aliphatic carbocycles. The first-order valence-corrected chi connectivity index (χ1v) is 3.32. The van der Waals surface area contributed by atoms with E-state index in [0.717, 1.165) is 0 Å². The van der Waals surface area contributed by atoms with Gasteiger partial charge in [0.2, 0.25) is 0 Å². The van der Waals surface area contributed by atoms with Gasteiger partial charge in [0.1, 0.15) is 0 Å². The fourth-order valence-corrected chi connectivity index (χ4v) is 0.847. The molecule has 0 spiro atoms. The zero-order valence-corrected chi connectivity index (χ0v) is 6.45. The Morgan fingerprint density at radius 1 is 1.20 bits per heavy atom. The van der Waals surface area contributed by atoms with Gasteiger partial charge in [-0.15, -0.1) is 0 Å². The Morgan fingerprint density at radius 3 is 2.40 bits per heavy atom. The van der Waals surface area contributed by atoms with E-state index in [1.807, 2.05) is 0 Å². The maximum absolute atomic E-state index is 6.63. The normalized spacial score (nSPS) is 9.40. The highest BCUT2D eigenvalue weighted by atomic mass is 35.5. The number of rotatable bonds is 1. The van der Waals surface area contributed by atoms with E-state index in [1.54, 1.807) is 12.1 Å². The molecule has 0 fully saturated rings. The summed E-state index contributed by atoms with van der Waals surface area (Å²) in [4.78, 5) is 0. The van der Waals surface area contributed by atoms with Gasteiger partial charge in [-0.25, -0.2) is 5.53 Å². The van der Waals surface area contributed by atoms with E-state index in [4.69, 9.17) is 28.7 Å². The molecule has 4 heteroatoms. The molecule has 1 N–H and O–H groups in total. The second-order valence-corrected chi connectivity index (χ2v) is 2.52. The molecule has 1 aromatic rings. The third-order valence-corrected chi connectivity index (χ3v) is 1.77. The standard InChI is InChI=1S/C6H4Cl2N2/c7-5-2-1-4(10-9)3-6(5)8/h1-3,9H. The Morgan fingerprint density at radius 2 is 1.90 bits per heavy atom. The van der Waals surface area contributed by atoms with Gasteiger partial charge in [-0.05, 0) is 18.2 Å². The quantitative estimate of drug-likeness (QED) is 0.632. The third-order valence-electron chi connectivity index (χ3n) is 1.03. The summed E-state index contributed by atoms with van der Waals surface area (Å²) < 4.78 is 0. The highest BCUT2D eigenvalue weighted by molar-refractivity contribution is 6.42. The monoisotopic (exact) mass is 174 g/mol. The summed E-state index contributed by atoms with van der Waals surface area (Å²) in [5.41, 5.74) is 7.14. The van der Waals surface area contributed by atoms with E-state index in [9.17, 15) is 0 Å². The van der Waals surface area contributed by atoms with Crippen molar-refractivity contribution in [1.29, 1.82) is 5.53 Å². The third kappa shape index (κ3) is 1.46. The van der Waals surface area contributed by atoms with Crippen LogP contribution in [-0.2, 0) is 0 Å². The van der Waals surface area contributed by atoms with Gasteiger partial charge in [-0.3, -0.25) is 0 Å². The van der Waals surface area contributed by atoms with Gasteiger partial charge in [-0.2, -0.15) is 5.11 Å². The molecule has 0 aliphatic heterocycles. The van der Waals surface area contributed by atoms with Crippen molar-refractivity contribution in [2.24, 2.45) is 5.11 Å². The molecule has 0 radical (unpaired) electrons. The molecule has 2 nitrogen and oxygen atoms in total. The van der Waals surface area contributed by atoms with Gasteiger partial charge >= 0.3 is 0 Å². The van der Waals surface area contributed by atoms with Crippen molar-refractivity contribution >= 4 is 28.9 Å². The molecule has 1 aromatic carbocycles. The molecule has 0 amide bonds. The molecule has 1 rings (SSSR count). The number of nitrogens with one attached hydrogen (secondary N) is 1. The largest absolute Gasteiger partial charge is 0.204 e. The Hall–Kier alpha value is -0.600. The molecule has 10 heavy (non-hydrogen) atoms. The zero-order valence-electron chi connectivity index (χ0n) is 4.94. The van der Waals surface area contributed by atoms with Crippen LogP contribution in [-0.4, -0.2) is 0 Å². The fourth-order valence-electron chi connectivity index (χ4n) is 0.555. The molecule has 0 unspecified atom stereocenters. The average Bonchev–Trinajstić information content (AvgIpc) is 1.95. The summed E-state index contributed by atoms with van der Waals surface area (Å²) >= 11 is 11.2. The van der Waals surface area contributed by atoms with Crippen LogP contribution in [0.1, 0.15) is 0 Å². The van der Waals surface area contributed by atoms with Crippen LogP contribution >= 0.6 is 23.2 Å². The van der Waals surface area contributed by atoms with Crippen molar-refractivity contribution in [2.75, 3.05) is 0 Å². The van der Waals surface area contributed by atoms with E-state index in [1.165, 1.54) is 6.07 Å². The van der Waals surface area contributed by atoms with E-state index in [-0.39, 0.29) is 0 Å². The van der Waals surface area contributed by atoms with Crippen molar-refractivity contribution in [3.63, 3.8) is 0 Å². The zero-order chi connectivity index (χ0) is 7.56. The summed E-state index contributed by atoms with van der Waals surface area (Å²) in [5.74, 6) is 0. The van der Waals surface area contributed by atoms with E-state index >= 15 is 0 Å². The molecule has 0 atom stereocenters. The number of nitrogens with zero attached hydrogens (tertiary/aromatic N) is 1. The predicted octanol–water partition coefficient (Wildman–Crippen LogP) is 3.66. The molecule has 0 aliphatic rings. The highest BCUT2D eigenvalue weighted by Gasteiger charge is 1.96. The van der Waals surface area contributed by atoms with Crippen LogP contribution in [0.15, 0.2) is 23.3 Å². The van der Waals surface area contributed by atoms with Gasteiger partial charge in [0.05, 0.1) is 15.7 Å². The van der Waals surface area contributed by atoms with E-state index in [2.05, 4.69) is 5.11 Å². The minimum Gasteiger partial charge on any atom is -0.204 e. The van der Waals surface area contributed by atoms with Crippen LogP contribution in [0.5, 0.6) is 0 Å². The SMILES string of the molecule is N=Nc1ccc(Cl)c(Cl)c1. The Kier molecular flexibility index (Phi) is 2.25. The lowest BCUT2D eigenvalue weighted by Gasteiger charge is -1.93. The minimum atomic E-state index is 0.426. The Labute approximate surface area is 68.3 Å². The highest BCUT2D eigenvalue weighted by Crippen LogP contribution is 2.25. The lowest BCUT2D eigenvalue weighted by molar-refractivity contribution is 1.15. The molecular weight excluding hydrogens is 171 g/mol. The average molecular weight is 175 g/mol. The summed E-state index contributed by atoms with van der Waals surface area (Å²) in [6, 6.07) is 4.77. The molecule has 0 heterocycles. The molecule has 52 valence electrons. The molecule has 0 saturated carbocycles. The summed E-state index contributed by atoms with van der Waals surface area (Å²) in [7, 11) is 0. The van der Waals surface area contributed by atoms with Crippen molar-refractivity contribution in [3.8, 4) is 0 Å². The first-order chi connectivity index (χ1) is 4.74. The van der Waals surface area contributed by atoms with Crippen LogP contribution in [0, 0.1) is 5.53 Å². The van der Waals surface area contributed by atoms with Gasteiger partial charge in [0.15, 0.2) is 0 Å². The summed E-state index contributed by atoms with van der Waals surface area (Å²) in [6.07, 6.45) is 0. The lowest BCUT2D eigenvalue weighted by Crippen LogP contribution is -1.66. The maximum Gasteiger partial charge on any atom is 0.0865 e. The summed E-state index contributed by atoms with van der Waals surface area (Å²) in [5, 5.41) is 4.09. The van der Waals surface area contributed by atoms with E-state index < -0.39 is 0 Å². The minimum absolute atomic E-state index is 0.426. The number of halogens is 2. The first-order valence-electron chi connectivity index (χ1n) is 2.56. The smallest absolute Gasteiger partial charge is 0.0865 e. The van der Waals surface area contributed by atoms with Crippen molar-refractivity contribution in [3.05, 3.63) is 28.2 Å². The molecular formula is C6H4Cl2N2. The number of hydrogen-bond donors (Lipinski definition) is 1. The number of benzene rings is 1. The summed E-state index contributed by atoms with van der Waals surface area (Å²) in [6.45, 7) is 0. The van der Waals surface area contributed by atoms with Crippen LogP contribution in [0.4, 0.5) is 5.69 Å². The predicted molar refractivity (Wildman–Crippen MR) is 41.3 cm³/mol. The fraction of sp³-hybridized carbons (Fsp3) is 0. The van der Waals surface area contributed by atoms with E-state index in [0.29, 0.717) is 15.7 Å². The van der Waals surface area contributed by atoms with Crippen LogP contribution in [0.25, 0.3) is 0 Å². The number of hydrogen-bond acceptors (Lipinski definition) is 2. The van der Waals surface area contributed by atoms with Gasteiger partial charge in [-0.1, -0.05) is 23.2 Å². The van der Waals surface area contributed by atoms with Crippen LogP contribution in [0.2, 0.25) is 10.0 Å². The Bertz CT molecular complexity index is 260. The molecule has 0 bridgehead atoms. The van der Waals surface area contributed by atoms with Crippen LogP contribution < -0.4 is 0 Å². The Balaban J connectivity index is 3.16. The van der Waals surface area contributed by atoms with Crippen LogP contribution in [0.3, 0.4) is 0 Å². The van der Waals surface area contributed by atoms with Crippen molar-refractivity contribution in [1.82, 2.24) is 0 Å². The maximum atomic E-state index is 6.63. The molecule has 0 aromatic heterocycles.